The lowest BCUT2D eigenvalue weighted by molar-refractivity contribution is -0.148. The van der Waals surface area contributed by atoms with E-state index in [0.717, 1.165) is 6.42 Å². The van der Waals surface area contributed by atoms with Gasteiger partial charge < -0.3 is 20.3 Å². The van der Waals surface area contributed by atoms with Gasteiger partial charge in [0.2, 0.25) is 0 Å². The van der Waals surface area contributed by atoms with Crippen molar-refractivity contribution in [2.75, 3.05) is 7.11 Å². The van der Waals surface area contributed by atoms with Crippen LogP contribution in [-0.2, 0) is 4.79 Å². The summed E-state index contributed by atoms with van der Waals surface area (Å²) in [6, 6.07) is 7.05. The molecule has 1 aromatic rings. The number of aliphatic hydroxyl groups is 1. The van der Waals surface area contributed by atoms with Crippen LogP contribution >= 0.6 is 0 Å². The molecule has 0 fully saturated rings. The SMILES string of the molecule is CCCC1(C(Oc2ccccc2OC)C(C)(O)C(N)=O)C=CC=N1. The molecule has 1 aliphatic rings. The van der Waals surface area contributed by atoms with Gasteiger partial charge in [-0.3, -0.25) is 9.79 Å². The fourth-order valence-corrected chi connectivity index (χ4v) is 2.94. The molecule has 3 unspecified atom stereocenters. The van der Waals surface area contributed by atoms with Gasteiger partial charge in [0.15, 0.2) is 23.2 Å². The van der Waals surface area contributed by atoms with E-state index in [0.29, 0.717) is 17.9 Å². The molecule has 0 spiro atoms. The summed E-state index contributed by atoms with van der Waals surface area (Å²) >= 11 is 0. The summed E-state index contributed by atoms with van der Waals surface area (Å²) < 4.78 is 11.4. The van der Waals surface area contributed by atoms with Gasteiger partial charge in [-0.25, -0.2) is 0 Å². The highest BCUT2D eigenvalue weighted by Crippen LogP contribution is 2.38. The average molecular weight is 332 g/mol. The molecule has 6 heteroatoms. The maximum absolute atomic E-state index is 11.9. The van der Waals surface area contributed by atoms with Gasteiger partial charge in [-0.15, -0.1) is 0 Å². The van der Waals surface area contributed by atoms with Crippen molar-refractivity contribution >= 4 is 12.1 Å². The second-order valence-electron chi connectivity index (χ2n) is 6.04. The number of amides is 1. The van der Waals surface area contributed by atoms with Crippen LogP contribution in [0.15, 0.2) is 41.4 Å². The van der Waals surface area contributed by atoms with Crippen LogP contribution in [0.5, 0.6) is 11.5 Å². The zero-order chi connectivity index (χ0) is 17.8. The third-order valence-corrected chi connectivity index (χ3v) is 4.21. The Labute approximate surface area is 142 Å². The molecule has 0 saturated heterocycles. The summed E-state index contributed by atoms with van der Waals surface area (Å²) in [5.74, 6) is 0.0475. The van der Waals surface area contributed by atoms with Gasteiger partial charge in [0, 0.05) is 6.21 Å². The number of nitrogens with zero attached hydrogens (tertiary/aromatic N) is 1. The number of para-hydroxylation sites is 2. The largest absolute Gasteiger partial charge is 0.493 e. The van der Waals surface area contributed by atoms with Crippen LogP contribution in [0.4, 0.5) is 0 Å². The second-order valence-corrected chi connectivity index (χ2v) is 6.04. The van der Waals surface area contributed by atoms with Crippen molar-refractivity contribution < 1.29 is 19.4 Å². The highest BCUT2D eigenvalue weighted by molar-refractivity contribution is 5.84. The Bertz CT molecular complexity index is 640. The minimum Gasteiger partial charge on any atom is -0.493 e. The van der Waals surface area contributed by atoms with Gasteiger partial charge in [-0.1, -0.05) is 31.6 Å². The van der Waals surface area contributed by atoms with E-state index >= 15 is 0 Å². The lowest BCUT2D eigenvalue weighted by Crippen LogP contribution is -2.61. The predicted octanol–water partition coefficient (Wildman–Crippen LogP) is 1.86. The van der Waals surface area contributed by atoms with Gasteiger partial charge in [0.05, 0.1) is 7.11 Å². The first-order valence-corrected chi connectivity index (χ1v) is 7.92. The van der Waals surface area contributed by atoms with Crippen molar-refractivity contribution in [3.8, 4) is 11.5 Å². The maximum Gasteiger partial charge on any atom is 0.253 e. The molecule has 6 nitrogen and oxygen atoms in total. The molecule has 3 atom stereocenters. The summed E-state index contributed by atoms with van der Waals surface area (Å²) in [4.78, 5) is 16.4. The third kappa shape index (κ3) is 3.28. The van der Waals surface area contributed by atoms with Crippen LogP contribution in [0.25, 0.3) is 0 Å². The number of hydrogen-bond acceptors (Lipinski definition) is 5. The zero-order valence-corrected chi connectivity index (χ0v) is 14.2. The smallest absolute Gasteiger partial charge is 0.253 e. The molecular formula is C18H24N2O4. The standard InChI is InChI=1S/C18H24N2O4/c1-4-10-18(11-7-12-20-18)15(17(2,22)16(19)21)24-14-9-6-5-8-13(14)23-3/h5-9,11-12,15,22H,4,10H2,1-3H3,(H2,19,21). The summed E-state index contributed by atoms with van der Waals surface area (Å²) in [6.45, 7) is 3.36. The molecular weight excluding hydrogens is 308 g/mol. The van der Waals surface area contributed by atoms with E-state index in [2.05, 4.69) is 4.99 Å². The number of rotatable bonds is 8. The minimum atomic E-state index is -1.91. The molecule has 130 valence electrons. The highest BCUT2D eigenvalue weighted by Gasteiger charge is 2.52. The number of ether oxygens (including phenoxy) is 2. The Morgan fingerprint density at radius 2 is 2.08 bits per heavy atom. The van der Waals surface area contributed by atoms with E-state index in [1.165, 1.54) is 14.0 Å². The molecule has 0 radical (unpaired) electrons. The molecule has 0 saturated carbocycles. The molecule has 2 rings (SSSR count). The quantitative estimate of drug-likeness (QED) is 0.760. The number of benzene rings is 1. The Morgan fingerprint density at radius 3 is 2.58 bits per heavy atom. The van der Waals surface area contributed by atoms with Crippen molar-refractivity contribution in [2.24, 2.45) is 10.7 Å². The van der Waals surface area contributed by atoms with E-state index in [1.54, 1.807) is 30.5 Å². The topological polar surface area (TPSA) is 94.1 Å². The molecule has 24 heavy (non-hydrogen) atoms. The Hall–Kier alpha value is -2.34. The van der Waals surface area contributed by atoms with Gasteiger partial charge in [-0.2, -0.15) is 0 Å². The molecule has 0 aliphatic carbocycles. The number of nitrogens with two attached hydrogens (primary N) is 1. The number of methoxy groups -OCH3 is 1. The molecule has 1 amide bonds. The summed E-state index contributed by atoms with van der Waals surface area (Å²) in [7, 11) is 1.53. The van der Waals surface area contributed by atoms with Gasteiger partial charge in [0.1, 0.15) is 5.54 Å². The lowest BCUT2D eigenvalue weighted by atomic mass is 9.79. The molecule has 0 bridgehead atoms. The van der Waals surface area contributed by atoms with Crippen LogP contribution < -0.4 is 15.2 Å². The van der Waals surface area contributed by atoms with E-state index in [4.69, 9.17) is 15.2 Å². The zero-order valence-electron chi connectivity index (χ0n) is 14.2. The van der Waals surface area contributed by atoms with Crippen molar-refractivity contribution in [1.82, 2.24) is 0 Å². The van der Waals surface area contributed by atoms with Crippen LogP contribution in [0.1, 0.15) is 26.7 Å². The number of aliphatic imine (C=N–C) groups is 1. The second kappa shape index (κ2) is 7.05. The van der Waals surface area contributed by atoms with Gasteiger partial charge in [-0.05, 0) is 31.6 Å². The highest BCUT2D eigenvalue weighted by atomic mass is 16.5. The molecule has 1 heterocycles. The molecule has 1 aliphatic heterocycles. The van der Waals surface area contributed by atoms with E-state index < -0.39 is 23.2 Å². The first kappa shape index (κ1) is 18.0. The van der Waals surface area contributed by atoms with Crippen molar-refractivity contribution in [1.29, 1.82) is 0 Å². The Morgan fingerprint density at radius 1 is 1.42 bits per heavy atom. The van der Waals surface area contributed by atoms with Crippen LogP contribution in [0, 0.1) is 0 Å². The van der Waals surface area contributed by atoms with Crippen molar-refractivity contribution in [3.63, 3.8) is 0 Å². The van der Waals surface area contributed by atoms with Gasteiger partial charge in [0.25, 0.3) is 5.91 Å². The van der Waals surface area contributed by atoms with Gasteiger partial charge >= 0.3 is 0 Å². The minimum absolute atomic E-state index is 0.414. The molecule has 1 aromatic carbocycles. The number of carbonyl (C=O) groups is 1. The van der Waals surface area contributed by atoms with E-state index in [9.17, 15) is 9.90 Å². The number of primary amides is 1. The predicted molar refractivity (Wildman–Crippen MR) is 92.5 cm³/mol. The van der Waals surface area contributed by atoms with E-state index in [-0.39, 0.29) is 0 Å². The fraction of sp³-hybridized carbons (Fsp3) is 0.444. The van der Waals surface area contributed by atoms with E-state index in [1.807, 2.05) is 19.1 Å². The van der Waals surface area contributed by atoms with Crippen LogP contribution in [0.3, 0.4) is 0 Å². The fourth-order valence-electron chi connectivity index (χ4n) is 2.94. The third-order valence-electron chi connectivity index (χ3n) is 4.21. The summed E-state index contributed by atoms with van der Waals surface area (Å²) in [5.41, 5.74) is 2.66. The molecule has 0 aromatic heterocycles. The van der Waals surface area contributed by atoms with Crippen LogP contribution in [0.2, 0.25) is 0 Å². The number of carbonyl (C=O) groups excluding carboxylic acids is 1. The Balaban J connectivity index is 2.50. The molecule has 3 N–H and O–H groups in total. The van der Waals surface area contributed by atoms with Crippen molar-refractivity contribution in [3.05, 3.63) is 36.4 Å². The first-order valence-electron chi connectivity index (χ1n) is 7.92. The lowest BCUT2D eigenvalue weighted by Gasteiger charge is -2.40. The maximum atomic E-state index is 11.9. The monoisotopic (exact) mass is 332 g/mol. The number of hydrogen-bond donors (Lipinski definition) is 2. The summed E-state index contributed by atoms with van der Waals surface area (Å²) in [6.07, 6.45) is 5.67. The van der Waals surface area contributed by atoms with Crippen LogP contribution in [-0.4, -0.2) is 41.6 Å². The number of allylic oxidation sites excluding steroid dienone is 1. The average Bonchev–Trinajstić information content (AvgIpc) is 3.02. The Kier molecular flexibility index (Phi) is 5.29. The normalized spacial score (nSPS) is 22.8. The summed E-state index contributed by atoms with van der Waals surface area (Å²) in [5, 5.41) is 10.8. The van der Waals surface area contributed by atoms with Crippen molar-refractivity contribution in [2.45, 2.75) is 43.9 Å². The first-order chi connectivity index (χ1) is 11.4.